The molecule has 1 saturated heterocycles. The minimum atomic E-state index is -0.705. The predicted molar refractivity (Wildman–Crippen MR) is 159 cm³/mol. The zero-order valence-electron chi connectivity index (χ0n) is 23.4. The number of pyridine rings is 1. The van der Waals surface area contributed by atoms with Crippen molar-refractivity contribution in [2.75, 3.05) is 18.0 Å². The summed E-state index contributed by atoms with van der Waals surface area (Å²) < 4.78 is 45.1. The van der Waals surface area contributed by atoms with Crippen LogP contribution in [0, 0.1) is 11.6 Å². The minimum Gasteiger partial charge on any atom is -0.473 e. The maximum Gasteiger partial charge on any atom is 0.225 e. The van der Waals surface area contributed by atoms with Crippen LogP contribution in [0.25, 0.3) is 11.1 Å². The minimum absolute atomic E-state index is 0.0784. The lowest BCUT2D eigenvalue weighted by Gasteiger charge is -2.34. The van der Waals surface area contributed by atoms with E-state index in [1.807, 2.05) is 65.6 Å². The molecule has 9 heteroatoms. The molecule has 0 spiro atoms. The Morgan fingerprint density at radius 3 is 2.07 bits per heavy atom. The highest BCUT2D eigenvalue weighted by Crippen LogP contribution is 2.37. The first-order valence-electron chi connectivity index (χ1n) is 14.2. The zero-order valence-corrected chi connectivity index (χ0v) is 23.4. The molecule has 1 fully saturated rings. The van der Waals surface area contributed by atoms with Crippen molar-refractivity contribution in [3.8, 4) is 22.9 Å². The quantitative estimate of drug-likeness (QED) is 0.165. The molecular weight excluding hydrogens is 550 g/mol. The Labute approximate surface area is 248 Å². The zero-order chi connectivity index (χ0) is 29.6. The molecule has 0 atom stereocenters. The van der Waals surface area contributed by atoms with E-state index in [1.165, 1.54) is 18.3 Å². The van der Waals surface area contributed by atoms with Gasteiger partial charge in [0.15, 0.2) is 6.29 Å². The number of aromatic nitrogens is 3. The van der Waals surface area contributed by atoms with Crippen LogP contribution in [0.2, 0.25) is 0 Å². The first kappa shape index (κ1) is 28.1. The van der Waals surface area contributed by atoms with Crippen molar-refractivity contribution in [2.24, 2.45) is 0 Å². The third-order valence-corrected chi connectivity index (χ3v) is 7.54. The van der Waals surface area contributed by atoms with Gasteiger partial charge < -0.3 is 14.4 Å². The summed E-state index contributed by atoms with van der Waals surface area (Å²) in [5.41, 5.74) is 2.85. The van der Waals surface area contributed by atoms with Crippen LogP contribution in [-0.2, 0) is 13.2 Å². The van der Waals surface area contributed by atoms with Crippen LogP contribution in [0.5, 0.6) is 11.8 Å². The van der Waals surface area contributed by atoms with Gasteiger partial charge in [-0.25, -0.2) is 8.78 Å². The summed E-state index contributed by atoms with van der Waals surface area (Å²) in [6, 6.07) is 25.2. The lowest BCUT2D eigenvalue weighted by atomic mass is 10.0. The summed E-state index contributed by atoms with van der Waals surface area (Å²) in [6.45, 7) is 1.65. The fraction of sp³-hybridized carbons (Fsp3) is 0.206. The van der Waals surface area contributed by atoms with Gasteiger partial charge in [-0.3, -0.25) is 9.48 Å². The van der Waals surface area contributed by atoms with Gasteiger partial charge in [0.1, 0.15) is 24.8 Å². The fourth-order valence-electron chi connectivity index (χ4n) is 5.26. The van der Waals surface area contributed by atoms with Crippen LogP contribution in [0.4, 0.5) is 14.5 Å². The number of nitrogens with zero attached hydrogens (tertiary/aromatic N) is 4. The molecule has 0 unspecified atom stereocenters. The number of anilines is 1. The van der Waals surface area contributed by atoms with Crippen LogP contribution in [0.1, 0.15) is 40.4 Å². The molecule has 7 nitrogen and oxygen atoms in total. The SMILES string of the molecule is O=Cc1cnn(C2CCN(c3cc(F)c(-c4ccc(OCc5ccccc5)nc4OCc4ccccc4)c(F)c3)CC2)c1. The van der Waals surface area contributed by atoms with Crippen LogP contribution in [0.15, 0.2) is 97.3 Å². The van der Waals surface area contributed by atoms with Crippen molar-refractivity contribution in [2.45, 2.75) is 32.1 Å². The Balaban J connectivity index is 1.23. The number of aldehydes is 1. The summed E-state index contributed by atoms with van der Waals surface area (Å²) in [6.07, 6.45) is 5.50. The molecule has 1 aliphatic heterocycles. The number of benzene rings is 3. The molecule has 0 radical (unpaired) electrons. The number of hydrogen-bond donors (Lipinski definition) is 0. The lowest BCUT2D eigenvalue weighted by Crippen LogP contribution is -2.35. The lowest BCUT2D eigenvalue weighted by molar-refractivity contribution is 0.112. The molecule has 218 valence electrons. The topological polar surface area (TPSA) is 69.5 Å². The molecule has 6 rings (SSSR count). The van der Waals surface area contributed by atoms with Crippen LogP contribution >= 0.6 is 0 Å². The standard InChI is InChI=1S/C34H30F2N4O3/c35-30-17-28(39-15-13-27(14-16-39)40-20-26(21-41)19-37-40)18-31(36)33(30)29-11-12-32(42-22-24-7-3-1-4-8-24)38-34(29)43-23-25-9-5-2-6-10-25/h1-12,17-21,27H,13-16,22-23H2. The van der Waals surface area contributed by atoms with E-state index in [0.717, 1.165) is 30.3 Å². The maximum atomic E-state index is 15.7. The highest BCUT2D eigenvalue weighted by Gasteiger charge is 2.25. The van der Waals surface area contributed by atoms with Crippen LogP contribution < -0.4 is 14.4 Å². The van der Waals surface area contributed by atoms with Crippen molar-refractivity contribution in [1.82, 2.24) is 14.8 Å². The first-order chi connectivity index (χ1) is 21.1. The summed E-state index contributed by atoms with van der Waals surface area (Å²) in [5.74, 6) is -1.05. The summed E-state index contributed by atoms with van der Waals surface area (Å²) in [4.78, 5) is 17.5. The van der Waals surface area contributed by atoms with E-state index in [4.69, 9.17) is 9.47 Å². The first-order valence-corrected chi connectivity index (χ1v) is 14.2. The Kier molecular flexibility index (Phi) is 8.40. The predicted octanol–water partition coefficient (Wildman–Crippen LogP) is 7.04. The second kappa shape index (κ2) is 12.9. The largest absolute Gasteiger partial charge is 0.473 e. The van der Waals surface area contributed by atoms with Gasteiger partial charge in [0.25, 0.3) is 0 Å². The van der Waals surface area contributed by atoms with Gasteiger partial charge in [0.05, 0.1) is 28.9 Å². The molecule has 43 heavy (non-hydrogen) atoms. The smallest absolute Gasteiger partial charge is 0.225 e. The van der Waals surface area contributed by atoms with Gasteiger partial charge in [-0.2, -0.15) is 10.1 Å². The maximum absolute atomic E-state index is 15.7. The molecule has 0 amide bonds. The second-order valence-corrected chi connectivity index (χ2v) is 10.4. The highest BCUT2D eigenvalue weighted by atomic mass is 19.1. The number of halogens is 2. The summed E-state index contributed by atoms with van der Waals surface area (Å²) >= 11 is 0. The van der Waals surface area contributed by atoms with Crippen LogP contribution in [0.3, 0.4) is 0 Å². The Morgan fingerprint density at radius 2 is 1.47 bits per heavy atom. The number of rotatable bonds is 10. The average molecular weight is 581 g/mol. The van der Waals surface area contributed by atoms with Crippen molar-refractivity contribution >= 4 is 12.0 Å². The van der Waals surface area contributed by atoms with Crippen molar-refractivity contribution in [1.29, 1.82) is 0 Å². The molecule has 0 bridgehead atoms. The average Bonchev–Trinajstić information content (AvgIpc) is 3.54. The molecule has 0 saturated carbocycles. The number of carbonyl (C=O) groups is 1. The molecule has 1 aliphatic rings. The van der Waals surface area contributed by atoms with Gasteiger partial charge in [0.2, 0.25) is 11.8 Å². The van der Waals surface area contributed by atoms with E-state index in [-0.39, 0.29) is 42.1 Å². The third kappa shape index (κ3) is 6.56. The fourth-order valence-corrected chi connectivity index (χ4v) is 5.26. The molecule has 3 heterocycles. The third-order valence-electron chi connectivity index (χ3n) is 7.54. The molecule has 0 N–H and O–H groups in total. The number of piperidine rings is 1. The highest BCUT2D eigenvalue weighted by molar-refractivity contribution is 5.73. The van der Waals surface area contributed by atoms with Crippen LogP contribution in [-0.4, -0.2) is 34.1 Å². The molecule has 5 aromatic rings. The second-order valence-electron chi connectivity index (χ2n) is 10.4. The van der Waals surface area contributed by atoms with Gasteiger partial charge in [-0.15, -0.1) is 0 Å². The van der Waals surface area contributed by atoms with Gasteiger partial charge >= 0.3 is 0 Å². The normalized spacial score (nSPS) is 13.6. The Hall–Kier alpha value is -5.05. The summed E-state index contributed by atoms with van der Waals surface area (Å²) in [5, 5.41) is 4.28. The Bertz CT molecular complexity index is 1660. The Morgan fingerprint density at radius 1 is 0.837 bits per heavy atom. The van der Waals surface area contributed by atoms with E-state index in [2.05, 4.69) is 10.1 Å². The van der Waals surface area contributed by atoms with E-state index >= 15 is 8.78 Å². The van der Waals surface area contributed by atoms with Gasteiger partial charge in [-0.05, 0) is 42.2 Å². The van der Waals surface area contributed by atoms with E-state index in [1.54, 1.807) is 23.0 Å². The van der Waals surface area contributed by atoms with E-state index < -0.39 is 11.6 Å². The number of carbonyl (C=O) groups excluding carboxylic acids is 1. The van der Waals surface area contributed by atoms with Crippen molar-refractivity contribution < 1.29 is 23.0 Å². The van der Waals surface area contributed by atoms with E-state index in [0.29, 0.717) is 24.3 Å². The van der Waals surface area contributed by atoms with Gasteiger partial charge in [-0.1, -0.05) is 60.7 Å². The monoisotopic (exact) mass is 580 g/mol. The number of ether oxygens (including phenoxy) is 2. The molecule has 0 aliphatic carbocycles. The molecule has 3 aromatic carbocycles. The van der Waals surface area contributed by atoms with Gasteiger partial charge in [0, 0.05) is 31.0 Å². The van der Waals surface area contributed by atoms with Crippen molar-refractivity contribution in [3.05, 3.63) is 126 Å². The summed E-state index contributed by atoms with van der Waals surface area (Å²) in [7, 11) is 0. The molecular formula is C34H30F2N4O3. The molecule has 2 aromatic heterocycles. The van der Waals surface area contributed by atoms with Crippen molar-refractivity contribution in [3.63, 3.8) is 0 Å². The number of hydrogen-bond acceptors (Lipinski definition) is 6. The van der Waals surface area contributed by atoms with E-state index in [9.17, 15) is 4.79 Å².